The summed E-state index contributed by atoms with van der Waals surface area (Å²) in [6.45, 7) is 0.686. The van der Waals surface area contributed by atoms with Crippen LogP contribution in [-0.4, -0.2) is 17.8 Å². The van der Waals surface area contributed by atoms with Crippen molar-refractivity contribution in [3.8, 4) is 6.07 Å². The summed E-state index contributed by atoms with van der Waals surface area (Å²) in [5, 5.41) is 17.5. The molecule has 74 valence electrons. The molecule has 0 radical (unpaired) electrons. The minimum atomic E-state index is -0.677. The fourth-order valence-electron chi connectivity index (χ4n) is 1.05. The Morgan fingerprint density at radius 1 is 1.36 bits per heavy atom. The van der Waals surface area contributed by atoms with Crippen molar-refractivity contribution in [3.63, 3.8) is 0 Å². The van der Waals surface area contributed by atoms with E-state index in [4.69, 9.17) is 10.00 Å². The Morgan fingerprint density at radius 3 is 2.71 bits per heavy atom. The van der Waals surface area contributed by atoms with Gasteiger partial charge < -0.3 is 9.84 Å². The van der Waals surface area contributed by atoms with Crippen LogP contribution in [0.4, 0.5) is 0 Å². The van der Waals surface area contributed by atoms with Crippen molar-refractivity contribution in [3.05, 3.63) is 35.9 Å². The van der Waals surface area contributed by atoms with Crippen LogP contribution >= 0.6 is 0 Å². The number of nitrogens with zero attached hydrogens (tertiary/aromatic N) is 1. The number of hydrogen-bond acceptors (Lipinski definition) is 3. The molecule has 0 amide bonds. The standard InChI is InChI=1S/C11H13NO2/c12-7-6-11(13)9-14-8-10-4-2-1-3-5-10/h1-5,11,13H,6,8-9H2. The largest absolute Gasteiger partial charge is 0.390 e. The van der Waals surface area contributed by atoms with E-state index in [9.17, 15) is 5.11 Å². The smallest absolute Gasteiger partial charge is 0.0903 e. The first kappa shape index (κ1) is 10.7. The van der Waals surface area contributed by atoms with Gasteiger partial charge in [0.15, 0.2) is 0 Å². The fraction of sp³-hybridized carbons (Fsp3) is 0.364. The monoisotopic (exact) mass is 191 g/mol. The van der Waals surface area contributed by atoms with Crippen molar-refractivity contribution in [1.82, 2.24) is 0 Å². The van der Waals surface area contributed by atoms with E-state index in [1.807, 2.05) is 36.4 Å². The van der Waals surface area contributed by atoms with E-state index in [0.717, 1.165) is 5.56 Å². The zero-order chi connectivity index (χ0) is 10.2. The maximum Gasteiger partial charge on any atom is 0.0903 e. The Bertz CT molecular complexity index is 292. The maximum absolute atomic E-state index is 9.18. The summed E-state index contributed by atoms with van der Waals surface area (Å²) in [5.41, 5.74) is 1.07. The highest BCUT2D eigenvalue weighted by Crippen LogP contribution is 2.01. The molecule has 1 unspecified atom stereocenters. The van der Waals surface area contributed by atoms with Crippen molar-refractivity contribution in [1.29, 1.82) is 5.26 Å². The van der Waals surface area contributed by atoms with Crippen molar-refractivity contribution in [2.24, 2.45) is 0 Å². The molecule has 0 saturated carbocycles. The highest BCUT2D eigenvalue weighted by Gasteiger charge is 2.02. The maximum atomic E-state index is 9.18. The molecule has 0 saturated heterocycles. The van der Waals surface area contributed by atoms with Crippen LogP contribution in [0.2, 0.25) is 0 Å². The lowest BCUT2D eigenvalue weighted by atomic mass is 10.2. The van der Waals surface area contributed by atoms with Crippen LogP contribution in [0.15, 0.2) is 30.3 Å². The van der Waals surface area contributed by atoms with Gasteiger partial charge >= 0.3 is 0 Å². The van der Waals surface area contributed by atoms with Crippen molar-refractivity contribution in [2.45, 2.75) is 19.1 Å². The molecule has 0 aliphatic rings. The number of benzene rings is 1. The summed E-state index contributed by atoms with van der Waals surface area (Å²) in [4.78, 5) is 0. The molecule has 1 atom stereocenters. The highest BCUT2D eigenvalue weighted by atomic mass is 16.5. The van der Waals surface area contributed by atoms with Crippen LogP contribution in [0.1, 0.15) is 12.0 Å². The normalized spacial score (nSPS) is 12.0. The average Bonchev–Trinajstić information content (AvgIpc) is 2.20. The molecule has 0 aliphatic carbocycles. The van der Waals surface area contributed by atoms with E-state index in [1.54, 1.807) is 0 Å². The zero-order valence-corrected chi connectivity index (χ0v) is 7.89. The van der Waals surface area contributed by atoms with Gasteiger partial charge in [0.2, 0.25) is 0 Å². The predicted octanol–water partition coefficient (Wildman–Crippen LogP) is 1.48. The molecule has 0 fully saturated rings. The van der Waals surface area contributed by atoms with Gasteiger partial charge in [0.25, 0.3) is 0 Å². The number of nitriles is 1. The van der Waals surface area contributed by atoms with Gasteiger partial charge in [0.1, 0.15) is 0 Å². The van der Waals surface area contributed by atoms with Crippen molar-refractivity contribution >= 4 is 0 Å². The number of hydrogen-bond donors (Lipinski definition) is 1. The quantitative estimate of drug-likeness (QED) is 0.766. The van der Waals surface area contributed by atoms with Gasteiger partial charge in [-0.25, -0.2) is 0 Å². The SMILES string of the molecule is N#CCC(O)COCc1ccccc1. The summed E-state index contributed by atoms with van der Waals surface area (Å²) in [7, 11) is 0. The lowest BCUT2D eigenvalue weighted by Gasteiger charge is -2.07. The third kappa shape index (κ3) is 4.04. The Labute approximate surface area is 83.6 Å². The Balaban J connectivity index is 2.19. The number of aliphatic hydroxyl groups excluding tert-OH is 1. The van der Waals surface area contributed by atoms with Gasteiger partial charge in [0, 0.05) is 0 Å². The molecule has 1 rings (SSSR count). The topological polar surface area (TPSA) is 53.2 Å². The summed E-state index contributed by atoms with van der Waals surface area (Å²) in [6.07, 6.45) is -0.557. The van der Waals surface area contributed by atoms with Gasteiger partial charge in [-0.05, 0) is 5.56 Å². The molecule has 0 bridgehead atoms. The van der Waals surface area contributed by atoms with Crippen molar-refractivity contribution in [2.75, 3.05) is 6.61 Å². The van der Waals surface area contributed by atoms with Crippen LogP contribution in [0.25, 0.3) is 0 Å². The summed E-state index contributed by atoms with van der Waals surface area (Å²) >= 11 is 0. The second-order valence-electron chi connectivity index (χ2n) is 3.02. The number of ether oxygens (including phenoxy) is 1. The number of rotatable bonds is 5. The van der Waals surface area contributed by atoms with Crippen LogP contribution < -0.4 is 0 Å². The number of aliphatic hydroxyl groups is 1. The molecule has 0 aliphatic heterocycles. The van der Waals surface area contributed by atoms with E-state index in [0.29, 0.717) is 6.61 Å². The molecule has 3 heteroatoms. The van der Waals surface area contributed by atoms with E-state index < -0.39 is 6.10 Å². The molecule has 1 aromatic rings. The second-order valence-corrected chi connectivity index (χ2v) is 3.02. The van der Waals surface area contributed by atoms with E-state index in [1.165, 1.54) is 0 Å². The van der Waals surface area contributed by atoms with E-state index in [-0.39, 0.29) is 13.0 Å². The van der Waals surface area contributed by atoms with Crippen LogP contribution in [0.5, 0.6) is 0 Å². The molecule has 1 N–H and O–H groups in total. The first-order valence-electron chi connectivity index (χ1n) is 4.49. The van der Waals surface area contributed by atoms with Gasteiger partial charge in [-0.3, -0.25) is 0 Å². The fourth-order valence-corrected chi connectivity index (χ4v) is 1.05. The third-order valence-electron chi connectivity index (χ3n) is 1.75. The minimum Gasteiger partial charge on any atom is -0.390 e. The molecular formula is C11H13NO2. The Kier molecular flexibility index (Phi) is 4.70. The third-order valence-corrected chi connectivity index (χ3v) is 1.75. The van der Waals surface area contributed by atoms with Crippen LogP contribution in [-0.2, 0) is 11.3 Å². The molecule has 0 heterocycles. The first-order valence-corrected chi connectivity index (χ1v) is 4.49. The summed E-state index contributed by atoms with van der Waals surface area (Å²) in [6, 6.07) is 11.6. The lowest BCUT2D eigenvalue weighted by molar-refractivity contribution is 0.0309. The van der Waals surface area contributed by atoms with Gasteiger partial charge in [0.05, 0.1) is 31.8 Å². The minimum absolute atomic E-state index is 0.120. The van der Waals surface area contributed by atoms with Crippen molar-refractivity contribution < 1.29 is 9.84 Å². The zero-order valence-electron chi connectivity index (χ0n) is 7.89. The molecule has 0 spiro atoms. The molecule has 1 aromatic carbocycles. The molecule has 3 nitrogen and oxygen atoms in total. The summed E-state index contributed by atoms with van der Waals surface area (Å²) in [5.74, 6) is 0. The van der Waals surface area contributed by atoms with E-state index in [2.05, 4.69) is 0 Å². The predicted molar refractivity (Wildman–Crippen MR) is 52.3 cm³/mol. The molecule has 0 aromatic heterocycles. The van der Waals surface area contributed by atoms with Gasteiger partial charge in [-0.1, -0.05) is 30.3 Å². The highest BCUT2D eigenvalue weighted by molar-refractivity contribution is 5.13. The first-order chi connectivity index (χ1) is 6.83. The molecule has 14 heavy (non-hydrogen) atoms. The van der Waals surface area contributed by atoms with E-state index >= 15 is 0 Å². The van der Waals surface area contributed by atoms with Gasteiger partial charge in [-0.2, -0.15) is 5.26 Å². The lowest BCUT2D eigenvalue weighted by Crippen LogP contribution is -2.14. The Hall–Kier alpha value is -1.37. The van der Waals surface area contributed by atoms with Gasteiger partial charge in [-0.15, -0.1) is 0 Å². The summed E-state index contributed by atoms with van der Waals surface area (Å²) < 4.78 is 5.23. The average molecular weight is 191 g/mol. The second kappa shape index (κ2) is 6.14. The van der Waals surface area contributed by atoms with Crippen LogP contribution in [0.3, 0.4) is 0 Å². The molecular weight excluding hydrogens is 178 g/mol. The van der Waals surface area contributed by atoms with Crippen LogP contribution in [0, 0.1) is 11.3 Å². The Morgan fingerprint density at radius 2 is 2.07 bits per heavy atom.